The molecule has 0 aliphatic heterocycles. The van der Waals surface area contributed by atoms with Gasteiger partial charge in [0, 0.05) is 23.6 Å². The van der Waals surface area contributed by atoms with Crippen LogP contribution in [0, 0.1) is 5.92 Å². The number of benzene rings is 1. The molecule has 0 aliphatic rings. The van der Waals surface area contributed by atoms with Crippen molar-refractivity contribution in [2.75, 3.05) is 13.1 Å². The van der Waals surface area contributed by atoms with Gasteiger partial charge in [0.1, 0.15) is 0 Å². The summed E-state index contributed by atoms with van der Waals surface area (Å²) in [6.07, 6.45) is 2.69. The molecule has 0 aliphatic carbocycles. The molecule has 0 spiro atoms. The van der Waals surface area contributed by atoms with Crippen LogP contribution in [0.1, 0.15) is 19.4 Å². The lowest BCUT2D eigenvalue weighted by molar-refractivity contribution is -0.127. The number of nitrogens with one attached hydrogen (secondary N) is 3. The van der Waals surface area contributed by atoms with Gasteiger partial charge in [0.25, 0.3) is 0 Å². The van der Waals surface area contributed by atoms with E-state index in [1.54, 1.807) is 0 Å². The van der Waals surface area contributed by atoms with Crippen molar-refractivity contribution in [3.8, 4) is 0 Å². The number of amides is 2. The fourth-order valence-corrected chi connectivity index (χ4v) is 2.33. The highest BCUT2D eigenvalue weighted by Gasteiger charge is 2.17. The van der Waals surface area contributed by atoms with E-state index >= 15 is 0 Å². The molecule has 5 N–H and O–H groups in total. The first-order chi connectivity index (χ1) is 11.0. The van der Waals surface area contributed by atoms with Crippen LogP contribution in [-0.4, -0.2) is 35.9 Å². The number of carbonyl (C=O) groups is 2. The summed E-state index contributed by atoms with van der Waals surface area (Å²) >= 11 is 0. The Balaban J connectivity index is 0.00000288. The minimum atomic E-state index is -0.589. The molecule has 24 heavy (non-hydrogen) atoms. The van der Waals surface area contributed by atoms with Gasteiger partial charge in [0.15, 0.2) is 0 Å². The van der Waals surface area contributed by atoms with Gasteiger partial charge in [-0.3, -0.25) is 9.59 Å². The van der Waals surface area contributed by atoms with E-state index in [9.17, 15) is 9.59 Å². The lowest BCUT2D eigenvalue weighted by Gasteiger charge is -2.15. The van der Waals surface area contributed by atoms with Crippen molar-refractivity contribution in [1.82, 2.24) is 15.6 Å². The van der Waals surface area contributed by atoms with E-state index in [4.69, 9.17) is 5.73 Å². The van der Waals surface area contributed by atoms with Crippen LogP contribution in [0.25, 0.3) is 10.9 Å². The summed E-state index contributed by atoms with van der Waals surface area (Å²) in [5.74, 6) is -0.471. The van der Waals surface area contributed by atoms with Crippen molar-refractivity contribution in [1.29, 1.82) is 0 Å². The molecule has 0 saturated carbocycles. The Morgan fingerprint density at radius 2 is 1.92 bits per heavy atom. The predicted octanol–water partition coefficient (Wildman–Crippen LogP) is 1.35. The van der Waals surface area contributed by atoms with Gasteiger partial charge >= 0.3 is 0 Å². The predicted molar refractivity (Wildman–Crippen MR) is 98.1 cm³/mol. The summed E-state index contributed by atoms with van der Waals surface area (Å²) in [5, 5.41) is 6.52. The molecule has 6 nitrogen and oxygen atoms in total. The number of aromatic amines is 1. The number of hydrogen-bond acceptors (Lipinski definition) is 3. The van der Waals surface area contributed by atoms with Crippen LogP contribution in [-0.2, 0) is 16.0 Å². The molecule has 0 radical (unpaired) electrons. The van der Waals surface area contributed by atoms with Gasteiger partial charge in [0.05, 0.1) is 12.6 Å². The lowest BCUT2D eigenvalue weighted by atomic mass is 10.1. The molecule has 0 fully saturated rings. The molecule has 2 aromatic rings. The molecule has 2 rings (SSSR count). The van der Waals surface area contributed by atoms with Crippen molar-refractivity contribution in [3.63, 3.8) is 0 Å². The highest BCUT2D eigenvalue weighted by Crippen LogP contribution is 2.17. The number of aromatic nitrogens is 1. The molecule has 1 aromatic carbocycles. The van der Waals surface area contributed by atoms with Gasteiger partial charge < -0.3 is 21.4 Å². The van der Waals surface area contributed by atoms with Gasteiger partial charge in [0.2, 0.25) is 11.8 Å². The topological polar surface area (TPSA) is 100 Å². The number of carbonyl (C=O) groups excluding carboxylic acids is 2. The Bertz CT molecular complexity index is 684. The van der Waals surface area contributed by atoms with Crippen LogP contribution in [0.5, 0.6) is 0 Å². The van der Waals surface area contributed by atoms with Crippen LogP contribution in [0.2, 0.25) is 0 Å². The second-order valence-electron chi connectivity index (χ2n) is 5.95. The largest absolute Gasteiger partial charge is 0.361 e. The van der Waals surface area contributed by atoms with Gasteiger partial charge in [-0.05, 0) is 24.0 Å². The average Bonchev–Trinajstić information content (AvgIpc) is 2.95. The fraction of sp³-hybridized carbons (Fsp3) is 0.412. The highest BCUT2D eigenvalue weighted by molar-refractivity contribution is 5.87. The number of rotatable bonds is 7. The summed E-state index contributed by atoms with van der Waals surface area (Å²) in [6, 6.07) is 7.45. The van der Waals surface area contributed by atoms with Gasteiger partial charge in [-0.2, -0.15) is 0 Å². The fourth-order valence-electron chi connectivity index (χ4n) is 2.33. The maximum atomic E-state index is 11.8. The first-order valence-electron chi connectivity index (χ1n) is 7.84. The Morgan fingerprint density at radius 1 is 1.21 bits per heavy atom. The molecule has 1 atom stereocenters. The zero-order chi connectivity index (χ0) is 16.8. The van der Waals surface area contributed by atoms with E-state index in [1.165, 1.54) is 0 Å². The Morgan fingerprint density at radius 3 is 2.62 bits per heavy atom. The van der Waals surface area contributed by atoms with Gasteiger partial charge in [-0.25, -0.2) is 0 Å². The monoisotopic (exact) mass is 352 g/mol. The molecule has 132 valence electrons. The van der Waals surface area contributed by atoms with Crippen molar-refractivity contribution >= 4 is 35.1 Å². The molecular formula is C17H25ClN4O2. The van der Waals surface area contributed by atoms with E-state index in [0.29, 0.717) is 6.54 Å². The maximum Gasteiger partial charge on any atom is 0.239 e. The van der Waals surface area contributed by atoms with E-state index in [-0.39, 0.29) is 36.7 Å². The van der Waals surface area contributed by atoms with E-state index < -0.39 is 6.04 Å². The van der Waals surface area contributed by atoms with Crippen molar-refractivity contribution in [3.05, 3.63) is 36.0 Å². The SMILES string of the molecule is CC(C)[C@H](N)C(=O)NCC(=O)NCCc1c[nH]c2ccccc12.Cl. The summed E-state index contributed by atoms with van der Waals surface area (Å²) in [7, 11) is 0. The lowest BCUT2D eigenvalue weighted by Crippen LogP contribution is -2.47. The van der Waals surface area contributed by atoms with Gasteiger partial charge in [-0.1, -0.05) is 32.0 Å². The third kappa shape index (κ3) is 5.25. The summed E-state index contributed by atoms with van der Waals surface area (Å²) in [4.78, 5) is 26.6. The van der Waals surface area contributed by atoms with E-state index in [1.807, 2.05) is 38.2 Å². The van der Waals surface area contributed by atoms with Crippen LogP contribution >= 0.6 is 12.4 Å². The van der Waals surface area contributed by atoms with E-state index in [2.05, 4.69) is 21.7 Å². The molecule has 2 amide bonds. The molecule has 0 saturated heterocycles. The Hall–Kier alpha value is -2.05. The molecule has 0 unspecified atom stereocenters. The molecule has 7 heteroatoms. The second-order valence-corrected chi connectivity index (χ2v) is 5.95. The normalized spacial score (nSPS) is 11.8. The first kappa shape index (κ1) is 20.0. The van der Waals surface area contributed by atoms with Crippen LogP contribution in [0.4, 0.5) is 0 Å². The average molecular weight is 353 g/mol. The standard InChI is InChI=1S/C17H24N4O2.ClH/c1-11(2)16(18)17(23)21-10-15(22)19-8-7-12-9-20-14-6-4-3-5-13(12)14;/h3-6,9,11,16,20H,7-8,10,18H2,1-2H3,(H,19,22)(H,21,23);1H/t16-;/m0./s1. The molecule has 1 aromatic heterocycles. The molecule has 1 heterocycles. The van der Waals surface area contributed by atoms with Crippen LogP contribution in [0.15, 0.2) is 30.5 Å². The minimum absolute atomic E-state index is 0. The highest BCUT2D eigenvalue weighted by atomic mass is 35.5. The van der Waals surface area contributed by atoms with Crippen molar-refractivity contribution < 1.29 is 9.59 Å². The molecular weight excluding hydrogens is 328 g/mol. The molecule has 0 bridgehead atoms. The number of halogens is 1. The van der Waals surface area contributed by atoms with Crippen LogP contribution in [0.3, 0.4) is 0 Å². The number of hydrogen-bond donors (Lipinski definition) is 4. The van der Waals surface area contributed by atoms with Crippen molar-refractivity contribution in [2.45, 2.75) is 26.3 Å². The number of fused-ring (bicyclic) bond motifs is 1. The Kier molecular flexibility index (Phi) is 7.74. The quantitative estimate of drug-likeness (QED) is 0.605. The third-order valence-electron chi connectivity index (χ3n) is 3.84. The number of nitrogens with two attached hydrogens (primary N) is 1. The summed E-state index contributed by atoms with van der Waals surface area (Å²) < 4.78 is 0. The van der Waals surface area contributed by atoms with Gasteiger partial charge in [-0.15, -0.1) is 12.4 Å². The number of para-hydroxylation sites is 1. The zero-order valence-electron chi connectivity index (χ0n) is 14.0. The Labute approximate surface area is 148 Å². The zero-order valence-corrected chi connectivity index (χ0v) is 14.8. The summed E-state index contributed by atoms with van der Waals surface area (Å²) in [6.45, 7) is 4.21. The third-order valence-corrected chi connectivity index (χ3v) is 3.84. The summed E-state index contributed by atoms with van der Waals surface area (Å²) in [5.41, 5.74) is 7.96. The number of H-pyrrole nitrogens is 1. The minimum Gasteiger partial charge on any atom is -0.361 e. The van der Waals surface area contributed by atoms with E-state index in [0.717, 1.165) is 22.9 Å². The smallest absolute Gasteiger partial charge is 0.239 e. The maximum absolute atomic E-state index is 11.8. The second kappa shape index (κ2) is 9.30. The van der Waals surface area contributed by atoms with Crippen LogP contribution < -0.4 is 16.4 Å². The van der Waals surface area contributed by atoms with Crippen molar-refractivity contribution in [2.24, 2.45) is 11.7 Å². The first-order valence-corrected chi connectivity index (χ1v) is 7.84.